The van der Waals surface area contributed by atoms with Crippen LogP contribution in [0.4, 0.5) is 0 Å². The molecule has 9 heteroatoms. The largest absolute Gasteiger partial charge is 0.462 e. The summed E-state index contributed by atoms with van der Waals surface area (Å²) in [5, 5.41) is 8.11. The Hall–Kier alpha value is -3.49. The zero-order valence-electron chi connectivity index (χ0n) is 15.8. The van der Waals surface area contributed by atoms with Crippen LogP contribution in [-0.4, -0.2) is 38.1 Å². The molecule has 2 aromatic heterocycles. The third-order valence-corrected chi connectivity index (χ3v) is 4.33. The number of ether oxygens (including phenoxy) is 2. The molecule has 1 aromatic carbocycles. The van der Waals surface area contributed by atoms with E-state index in [2.05, 4.69) is 10.3 Å². The fourth-order valence-corrected chi connectivity index (χ4v) is 2.88. The molecule has 0 amide bonds. The number of rotatable bonds is 6. The van der Waals surface area contributed by atoms with Crippen LogP contribution >= 0.6 is 0 Å². The van der Waals surface area contributed by atoms with Crippen molar-refractivity contribution in [2.24, 2.45) is 0 Å². The molecule has 2 heterocycles. The molecule has 0 atom stereocenters. The summed E-state index contributed by atoms with van der Waals surface area (Å²) < 4.78 is 12.8. The first kappa shape index (κ1) is 19.3. The Morgan fingerprint density at radius 3 is 2.64 bits per heavy atom. The van der Waals surface area contributed by atoms with E-state index in [0.717, 1.165) is 10.4 Å². The van der Waals surface area contributed by atoms with Crippen molar-refractivity contribution in [2.75, 3.05) is 6.61 Å². The average Bonchev–Trinajstić information content (AvgIpc) is 2.96. The van der Waals surface area contributed by atoms with Crippen molar-refractivity contribution in [1.82, 2.24) is 19.6 Å². The predicted octanol–water partition coefficient (Wildman–Crippen LogP) is 1.59. The second-order valence-corrected chi connectivity index (χ2v) is 6.15. The van der Waals surface area contributed by atoms with Crippen molar-refractivity contribution in [3.05, 3.63) is 57.6 Å². The van der Waals surface area contributed by atoms with Gasteiger partial charge in [-0.15, -0.1) is 5.10 Å². The molecule has 9 nitrogen and oxygen atoms in total. The lowest BCUT2D eigenvalue weighted by molar-refractivity contribution is -0.148. The summed E-state index contributed by atoms with van der Waals surface area (Å²) in [5.41, 5.74) is 1.82. The minimum absolute atomic E-state index is 0.104. The van der Waals surface area contributed by atoms with Crippen LogP contribution in [0.5, 0.6) is 0 Å². The molecule has 146 valence electrons. The molecule has 0 saturated heterocycles. The van der Waals surface area contributed by atoms with Crippen LogP contribution in [0.15, 0.2) is 35.1 Å². The Morgan fingerprint density at radius 2 is 1.89 bits per heavy atom. The number of carbonyl (C=O) groups excluding carboxylic acids is 2. The lowest BCUT2D eigenvalue weighted by Crippen LogP contribution is -2.27. The van der Waals surface area contributed by atoms with Crippen molar-refractivity contribution in [1.29, 1.82) is 0 Å². The highest BCUT2D eigenvalue weighted by Crippen LogP contribution is 2.16. The Bertz CT molecular complexity index is 1100. The fourth-order valence-electron chi connectivity index (χ4n) is 2.88. The standard InChI is InChI=1S/C19H20N4O5/c1-4-27-19(26)15-9-12(2)22(13(15)3)10-17(24)28-11-23-18(25)14-7-5-6-8-16(14)20-21-23/h5-9H,4,10-11H2,1-3H3. The molecule has 0 aliphatic heterocycles. The number of aryl methyl sites for hydroxylation is 1. The van der Waals surface area contributed by atoms with Gasteiger partial charge in [0.05, 0.1) is 17.6 Å². The maximum absolute atomic E-state index is 12.4. The van der Waals surface area contributed by atoms with E-state index >= 15 is 0 Å². The van der Waals surface area contributed by atoms with Gasteiger partial charge in [-0.25, -0.2) is 4.79 Å². The second-order valence-electron chi connectivity index (χ2n) is 6.15. The molecule has 0 bridgehead atoms. The Labute approximate surface area is 160 Å². The van der Waals surface area contributed by atoms with Crippen LogP contribution in [-0.2, 0) is 27.5 Å². The van der Waals surface area contributed by atoms with E-state index in [1.54, 1.807) is 55.7 Å². The summed E-state index contributed by atoms with van der Waals surface area (Å²) in [6.45, 7) is 5.05. The van der Waals surface area contributed by atoms with Crippen LogP contribution in [0.25, 0.3) is 10.9 Å². The summed E-state index contributed by atoms with van der Waals surface area (Å²) in [6.07, 6.45) is 0. The van der Waals surface area contributed by atoms with E-state index in [1.165, 1.54) is 0 Å². The van der Waals surface area contributed by atoms with Gasteiger partial charge in [-0.05, 0) is 39.0 Å². The monoisotopic (exact) mass is 384 g/mol. The Morgan fingerprint density at radius 1 is 1.14 bits per heavy atom. The van der Waals surface area contributed by atoms with Crippen LogP contribution in [0.2, 0.25) is 0 Å². The molecule has 0 N–H and O–H groups in total. The maximum Gasteiger partial charge on any atom is 0.339 e. The molecule has 28 heavy (non-hydrogen) atoms. The Kier molecular flexibility index (Phi) is 5.53. The van der Waals surface area contributed by atoms with E-state index in [-0.39, 0.29) is 19.9 Å². The first-order valence-electron chi connectivity index (χ1n) is 8.74. The minimum atomic E-state index is -0.570. The molecule has 3 aromatic rings. The number of hydrogen-bond acceptors (Lipinski definition) is 7. The number of aromatic nitrogens is 4. The molecule has 0 aliphatic rings. The molecule has 0 spiro atoms. The SMILES string of the molecule is CCOC(=O)c1cc(C)n(CC(=O)OCn2nnc3ccccc3c2=O)c1C. The van der Waals surface area contributed by atoms with Gasteiger partial charge < -0.3 is 14.0 Å². The smallest absolute Gasteiger partial charge is 0.339 e. The Balaban J connectivity index is 1.71. The first-order chi connectivity index (χ1) is 13.4. The third kappa shape index (κ3) is 3.78. The average molecular weight is 384 g/mol. The molecular weight excluding hydrogens is 364 g/mol. The third-order valence-electron chi connectivity index (χ3n) is 4.33. The van der Waals surface area contributed by atoms with E-state index in [4.69, 9.17) is 9.47 Å². The van der Waals surface area contributed by atoms with Crippen molar-refractivity contribution < 1.29 is 19.1 Å². The highest BCUT2D eigenvalue weighted by atomic mass is 16.5. The predicted molar refractivity (Wildman–Crippen MR) is 99.8 cm³/mol. The van der Waals surface area contributed by atoms with Gasteiger partial charge in [-0.2, -0.15) is 4.68 Å². The van der Waals surface area contributed by atoms with Crippen molar-refractivity contribution in [3.63, 3.8) is 0 Å². The quantitative estimate of drug-likeness (QED) is 0.594. The summed E-state index contributed by atoms with van der Waals surface area (Å²) in [7, 11) is 0. The molecule has 3 rings (SSSR count). The second kappa shape index (κ2) is 8.03. The summed E-state index contributed by atoms with van der Waals surface area (Å²) in [5.74, 6) is -1.01. The van der Waals surface area contributed by atoms with Crippen molar-refractivity contribution in [3.8, 4) is 0 Å². The highest BCUT2D eigenvalue weighted by Gasteiger charge is 2.18. The van der Waals surface area contributed by atoms with Crippen molar-refractivity contribution >= 4 is 22.8 Å². The molecule has 0 unspecified atom stereocenters. The van der Waals surface area contributed by atoms with Crippen molar-refractivity contribution in [2.45, 2.75) is 34.0 Å². The number of nitrogens with zero attached hydrogens (tertiary/aromatic N) is 4. The van der Waals surface area contributed by atoms with Crippen LogP contribution in [0.1, 0.15) is 28.7 Å². The van der Waals surface area contributed by atoms with Crippen LogP contribution in [0, 0.1) is 13.8 Å². The molecule has 0 aliphatic carbocycles. The van der Waals surface area contributed by atoms with Gasteiger partial charge >= 0.3 is 11.9 Å². The maximum atomic E-state index is 12.4. The zero-order valence-corrected chi connectivity index (χ0v) is 15.8. The van der Waals surface area contributed by atoms with Gasteiger partial charge in [0.15, 0.2) is 6.73 Å². The van der Waals surface area contributed by atoms with Gasteiger partial charge in [0.1, 0.15) is 12.1 Å². The van der Waals surface area contributed by atoms with Gasteiger partial charge in [0, 0.05) is 11.4 Å². The van der Waals surface area contributed by atoms with Crippen LogP contribution in [0.3, 0.4) is 0 Å². The molecule has 0 radical (unpaired) electrons. The number of esters is 2. The normalized spacial score (nSPS) is 10.8. The molecule has 0 saturated carbocycles. The number of fused-ring (bicyclic) bond motifs is 1. The summed E-state index contributed by atoms with van der Waals surface area (Å²) in [6, 6.07) is 8.46. The van der Waals surface area contributed by atoms with E-state index in [1.807, 2.05) is 0 Å². The van der Waals surface area contributed by atoms with E-state index < -0.39 is 17.5 Å². The lowest BCUT2D eigenvalue weighted by atomic mass is 10.2. The lowest BCUT2D eigenvalue weighted by Gasteiger charge is -2.10. The number of benzene rings is 1. The number of carbonyl (C=O) groups is 2. The van der Waals surface area contributed by atoms with E-state index in [9.17, 15) is 14.4 Å². The van der Waals surface area contributed by atoms with E-state index in [0.29, 0.717) is 22.2 Å². The fraction of sp³-hybridized carbons (Fsp3) is 0.316. The zero-order chi connectivity index (χ0) is 20.3. The summed E-state index contributed by atoms with van der Waals surface area (Å²) >= 11 is 0. The minimum Gasteiger partial charge on any atom is -0.462 e. The molecular formula is C19H20N4O5. The summed E-state index contributed by atoms with van der Waals surface area (Å²) in [4.78, 5) is 36.6. The number of hydrogen-bond donors (Lipinski definition) is 0. The first-order valence-corrected chi connectivity index (χ1v) is 8.74. The van der Waals surface area contributed by atoms with Gasteiger partial charge in [0.2, 0.25) is 0 Å². The van der Waals surface area contributed by atoms with Gasteiger partial charge in [-0.3, -0.25) is 9.59 Å². The highest BCUT2D eigenvalue weighted by molar-refractivity contribution is 5.91. The topological polar surface area (TPSA) is 105 Å². The van der Waals surface area contributed by atoms with Crippen LogP contribution < -0.4 is 5.56 Å². The van der Waals surface area contributed by atoms with Gasteiger partial charge in [-0.1, -0.05) is 17.3 Å². The molecule has 0 fully saturated rings. The van der Waals surface area contributed by atoms with Gasteiger partial charge in [0.25, 0.3) is 5.56 Å².